The standard InChI is InChI=1S/C12H23N2O/c15-11-4-12-2-7-14(8-3-12)10-9-13-5-1-6-13/h12H,1-11H2. The van der Waals surface area contributed by atoms with Gasteiger partial charge in [-0.25, -0.2) is 5.11 Å². The molecule has 2 rings (SSSR count). The first-order chi connectivity index (χ1) is 7.38. The monoisotopic (exact) mass is 211 g/mol. The lowest BCUT2D eigenvalue weighted by Crippen LogP contribution is -2.44. The van der Waals surface area contributed by atoms with Gasteiger partial charge in [0.1, 0.15) is 0 Å². The Morgan fingerprint density at radius 1 is 0.933 bits per heavy atom. The average molecular weight is 211 g/mol. The van der Waals surface area contributed by atoms with E-state index in [2.05, 4.69) is 9.80 Å². The molecule has 1 radical (unpaired) electrons. The van der Waals surface area contributed by atoms with Crippen LogP contribution in [0.25, 0.3) is 0 Å². The van der Waals surface area contributed by atoms with Crippen molar-refractivity contribution in [1.82, 2.24) is 9.80 Å². The van der Waals surface area contributed by atoms with Crippen molar-refractivity contribution in [2.45, 2.75) is 25.7 Å². The van der Waals surface area contributed by atoms with Crippen LogP contribution in [0.1, 0.15) is 25.7 Å². The van der Waals surface area contributed by atoms with E-state index in [9.17, 15) is 5.11 Å². The highest BCUT2D eigenvalue weighted by Crippen LogP contribution is 2.20. The van der Waals surface area contributed by atoms with E-state index in [1.54, 1.807) is 0 Å². The van der Waals surface area contributed by atoms with Crippen LogP contribution in [-0.4, -0.2) is 55.7 Å². The maximum Gasteiger partial charge on any atom is 0.0825 e. The van der Waals surface area contributed by atoms with E-state index in [1.165, 1.54) is 58.5 Å². The van der Waals surface area contributed by atoms with Gasteiger partial charge in [0.05, 0.1) is 6.61 Å². The Labute approximate surface area is 93.1 Å². The molecule has 0 spiro atoms. The van der Waals surface area contributed by atoms with Gasteiger partial charge in [-0.2, -0.15) is 0 Å². The lowest BCUT2D eigenvalue weighted by Gasteiger charge is -2.36. The first-order valence-electron chi connectivity index (χ1n) is 6.41. The summed E-state index contributed by atoms with van der Waals surface area (Å²) in [5.74, 6) is 0.725. The molecule has 0 aromatic carbocycles. The van der Waals surface area contributed by atoms with Gasteiger partial charge in [0.15, 0.2) is 0 Å². The van der Waals surface area contributed by atoms with Crippen LogP contribution in [-0.2, 0) is 5.11 Å². The van der Waals surface area contributed by atoms with Gasteiger partial charge in [-0.3, -0.25) is 0 Å². The molecule has 0 aliphatic carbocycles. The molecule has 2 heterocycles. The Kier molecular flexibility index (Phi) is 4.42. The van der Waals surface area contributed by atoms with E-state index < -0.39 is 0 Å². The first-order valence-corrected chi connectivity index (χ1v) is 6.41. The summed E-state index contributed by atoms with van der Waals surface area (Å²) in [6.45, 7) is 7.69. The topological polar surface area (TPSA) is 26.4 Å². The molecule has 3 heteroatoms. The van der Waals surface area contributed by atoms with Crippen LogP contribution in [0.2, 0.25) is 0 Å². The van der Waals surface area contributed by atoms with E-state index in [0.717, 1.165) is 12.3 Å². The van der Waals surface area contributed by atoms with Crippen molar-refractivity contribution in [2.75, 3.05) is 45.9 Å². The second-order valence-electron chi connectivity index (χ2n) is 4.97. The number of hydrogen-bond acceptors (Lipinski definition) is 2. The first kappa shape index (κ1) is 11.4. The van der Waals surface area contributed by atoms with Gasteiger partial charge in [-0.1, -0.05) is 0 Å². The summed E-state index contributed by atoms with van der Waals surface area (Å²) in [6, 6.07) is 0. The van der Waals surface area contributed by atoms with Crippen LogP contribution in [0, 0.1) is 5.92 Å². The number of likely N-dealkylation sites (tertiary alicyclic amines) is 2. The summed E-state index contributed by atoms with van der Waals surface area (Å²) in [5, 5.41) is 10.5. The molecule has 0 amide bonds. The predicted octanol–water partition coefficient (Wildman–Crippen LogP) is 1.22. The second-order valence-corrected chi connectivity index (χ2v) is 4.97. The van der Waals surface area contributed by atoms with E-state index in [-0.39, 0.29) is 6.61 Å². The SMILES string of the molecule is [O]CCC1CCN(CCN2CCC2)CC1. The summed E-state index contributed by atoms with van der Waals surface area (Å²) in [4.78, 5) is 5.10. The third kappa shape index (κ3) is 3.44. The van der Waals surface area contributed by atoms with Gasteiger partial charge in [0.25, 0.3) is 0 Å². The summed E-state index contributed by atoms with van der Waals surface area (Å²) in [6.07, 6.45) is 4.80. The molecule has 3 nitrogen and oxygen atoms in total. The van der Waals surface area contributed by atoms with Gasteiger partial charge < -0.3 is 9.80 Å². The highest BCUT2D eigenvalue weighted by molar-refractivity contribution is 4.75. The number of piperidine rings is 1. The molecule has 2 aliphatic rings. The molecule has 87 valence electrons. The minimum absolute atomic E-state index is 0.123. The summed E-state index contributed by atoms with van der Waals surface area (Å²) in [7, 11) is 0. The van der Waals surface area contributed by atoms with Crippen molar-refractivity contribution < 1.29 is 5.11 Å². The van der Waals surface area contributed by atoms with Crippen molar-refractivity contribution in [3.63, 3.8) is 0 Å². The molecule has 0 bridgehead atoms. The van der Waals surface area contributed by atoms with Crippen LogP contribution < -0.4 is 0 Å². The molecule has 2 fully saturated rings. The molecular formula is C12H23N2O. The lowest BCUT2D eigenvalue weighted by molar-refractivity contribution is 0.108. The molecule has 2 saturated heterocycles. The van der Waals surface area contributed by atoms with Gasteiger partial charge in [0.2, 0.25) is 0 Å². The molecule has 0 aromatic heterocycles. The van der Waals surface area contributed by atoms with E-state index >= 15 is 0 Å². The van der Waals surface area contributed by atoms with Crippen molar-refractivity contribution in [2.24, 2.45) is 5.92 Å². The largest absolute Gasteiger partial charge is 0.302 e. The fourth-order valence-corrected chi connectivity index (χ4v) is 2.55. The molecule has 0 aromatic rings. The average Bonchev–Trinajstić information content (AvgIpc) is 2.19. The molecule has 2 aliphatic heterocycles. The van der Waals surface area contributed by atoms with Crippen LogP contribution >= 0.6 is 0 Å². The van der Waals surface area contributed by atoms with Crippen molar-refractivity contribution in [3.05, 3.63) is 0 Å². The Bertz CT molecular complexity index is 174. The van der Waals surface area contributed by atoms with Gasteiger partial charge >= 0.3 is 0 Å². The Morgan fingerprint density at radius 3 is 2.00 bits per heavy atom. The van der Waals surface area contributed by atoms with Crippen molar-refractivity contribution in [3.8, 4) is 0 Å². The zero-order chi connectivity index (χ0) is 10.5. The van der Waals surface area contributed by atoms with Crippen molar-refractivity contribution >= 4 is 0 Å². The molecule has 0 unspecified atom stereocenters. The maximum absolute atomic E-state index is 10.5. The molecular weight excluding hydrogens is 188 g/mol. The molecule has 0 saturated carbocycles. The zero-order valence-electron chi connectivity index (χ0n) is 9.66. The number of nitrogens with zero attached hydrogens (tertiary/aromatic N) is 2. The number of rotatable bonds is 5. The van der Waals surface area contributed by atoms with E-state index in [1.807, 2.05) is 0 Å². The highest BCUT2D eigenvalue weighted by atomic mass is 16.3. The number of hydrogen-bond donors (Lipinski definition) is 0. The van der Waals surface area contributed by atoms with E-state index in [4.69, 9.17) is 0 Å². The quantitative estimate of drug-likeness (QED) is 0.683. The molecule has 0 atom stereocenters. The maximum atomic E-state index is 10.5. The Morgan fingerprint density at radius 2 is 1.53 bits per heavy atom. The zero-order valence-corrected chi connectivity index (χ0v) is 9.66. The second kappa shape index (κ2) is 5.83. The predicted molar refractivity (Wildman–Crippen MR) is 60.4 cm³/mol. The Hall–Kier alpha value is -0.120. The van der Waals surface area contributed by atoms with Gasteiger partial charge in [0, 0.05) is 13.1 Å². The van der Waals surface area contributed by atoms with Gasteiger partial charge in [-0.15, -0.1) is 0 Å². The smallest absolute Gasteiger partial charge is 0.0825 e. The molecule has 15 heavy (non-hydrogen) atoms. The molecule has 0 N–H and O–H groups in total. The third-order valence-corrected chi connectivity index (χ3v) is 3.91. The minimum Gasteiger partial charge on any atom is -0.302 e. The summed E-state index contributed by atoms with van der Waals surface area (Å²) in [5.41, 5.74) is 0. The fourth-order valence-electron chi connectivity index (χ4n) is 2.55. The summed E-state index contributed by atoms with van der Waals surface area (Å²) >= 11 is 0. The lowest BCUT2D eigenvalue weighted by atomic mass is 9.94. The van der Waals surface area contributed by atoms with Gasteiger partial charge in [-0.05, 0) is 57.8 Å². The highest BCUT2D eigenvalue weighted by Gasteiger charge is 2.20. The van der Waals surface area contributed by atoms with E-state index in [0.29, 0.717) is 0 Å². The van der Waals surface area contributed by atoms with Crippen LogP contribution in [0.4, 0.5) is 0 Å². The Balaban J connectivity index is 1.56. The fraction of sp³-hybridized carbons (Fsp3) is 1.00. The van der Waals surface area contributed by atoms with Crippen LogP contribution in [0.3, 0.4) is 0 Å². The van der Waals surface area contributed by atoms with Crippen LogP contribution in [0.15, 0.2) is 0 Å². The normalized spacial score (nSPS) is 25.4. The van der Waals surface area contributed by atoms with Crippen LogP contribution in [0.5, 0.6) is 0 Å². The third-order valence-electron chi connectivity index (χ3n) is 3.91. The van der Waals surface area contributed by atoms with Crippen molar-refractivity contribution in [1.29, 1.82) is 0 Å². The minimum atomic E-state index is 0.123. The summed E-state index contributed by atoms with van der Waals surface area (Å²) < 4.78 is 0.